The Morgan fingerprint density at radius 2 is 2.00 bits per heavy atom. The van der Waals surface area contributed by atoms with Crippen LogP contribution in [-0.2, 0) is 6.54 Å². The summed E-state index contributed by atoms with van der Waals surface area (Å²) in [6, 6.07) is 7.78. The lowest BCUT2D eigenvalue weighted by Crippen LogP contribution is -2.01. The molecule has 2 aromatic heterocycles. The number of nitrogen functional groups attached to an aromatic ring is 1. The minimum atomic E-state index is 0.122. The summed E-state index contributed by atoms with van der Waals surface area (Å²) in [7, 11) is 1.64. The first-order valence-corrected chi connectivity index (χ1v) is 6.32. The molecule has 3 rings (SSSR count). The SMILES string of the molecule is COc1ccc(Cn2cnc3nc(N)nc(Cl)c32)cc1. The van der Waals surface area contributed by atoms with E-state index in [0.717, 1.165) is 11.3 Å². The van der Waals surface area contributed by atoms with Crippen molar-refractivity contribution in [1.82, 2.24) is 19.5 Å². The molecule has 0 unspecified atom stereocenters. The van der Waals surface area contributed by atoms with E-state index in [0.29, 0.717) is 22.9 Å². The molecule has 6 nitrogen and oxygen atoms in total. The van der Waals surface area contributed by atoms with Crippen molar-refractivity contribution in [2.45, 2.75) is 6.54 Å². The van der Waals surface area contributed by atoms with Gasteiger partial charge in [-0.1, -0.05) is 23.7 Å². The fourth-order valence-corrected chi connectivity index (χ4v) is 2.28. The van der Waals surface area contributed by atoms with Crippen molar-refractivity contribution >= 4 is 28.7 Å². The molecule has 0 bridgehead atoms. The van der Waals surface area contributed by atoms with E-state index >= 15 is 0 Å². The second-order valence-corrected chi connectivity index (χ2v) is 4.62. The van der Waals surface area contributed by atoms with Crippen LogP contribution < -0.4 is 10.5 Å². The van der Waals surface area contributed by atoms with Gasteiger partial charge in [0.15, 0.2) is 10.8 Å². The molecular formula is C13H12ClN5O. The summed E-state index contributed by atoms with van der Waals surface area (Å²) in [4.78, 5) is 12.2. The van der Waals surface area contributed by atoms with Crippen molar-refractivity contribution in [1.29, 1.82) is 0 Å². The Balaban J connectivity index is 1.98. The zero-order chi connectivity index (χ0) is 14.1. The number of hydrogen-bond acceptors (Lipinski definition) is 5. The number of hydrogen-bond donors (Lipinski definition) is 1. The second-order valence-electron chi connectivity index (χ2n) is 4.27. The van der Waals surface area contributed by atoms with Gasteiger partial charge < -0.3 is 15.0 Å². The molecule has 2 N–H and O–H groups in total. The Morgan fingerprint density at radius 1 is 1.25 bits per heavy atom. The van der Waals surface area contributed by atoms with Gasteiger partial charge in [0.1, 0.15) is 11.3 Å². The molecule has 102 valence electrons. The lowest BCUT2D eigenvalue weighted by Gasteiger charge is -2.06. The van der Waals surface area contributed by atoms with Gasteiger partial charge in [0.25, 0.3) is 0 Å². The van der Waals surface area contributed by atoms with E-state index in [4.69, 9.17) is 22.1 Å². The maximum Gasteiger partial charge on any atom is 0.223 e. The van der Waals surface area contributed by atoms with Crippen molar-refractivity contribution in [3.63, 3.8) is 0 Å². The summed E-state index contributed by atoms with van der Waals surface area (Å²) in [6.07, 6.45) is 1.68. The van der Waals surface area contributed by atoms with Crippen LogP contribution in [0.5, 0.6) is 5.75 Å². The van der Waals surface area contributed by atoms with Gasteiger partial charge in [0, 0.05) is 6.54 Å². The number of aromatic nitrogens is 4. The minimum absolute atomic E-state index is 0.122. The van der Waals surface area contributed by atoms with Gasteiger partial charge in [-0.15, -0.1) is 0 Å². The summed E-state index contributed by atoms with van der Waals surface area (Å²) >= 11 is 6.11. The van der Waals surface area contributed by atoms with Gasteiger partial charge in [-0.2, -0.15) is 9.97 Å². The fraction of sp³-hybridized carbons (Fsp3) is 0.154. The van der Waals surface area contributed by atoms with Crippen LogP contribution in [0.25, 0.3) is 11.2 Å². The van der Waals surface area contributed by atoms with Crippen molar-refractivity contribution in [2.24, 2.45) is 0 Å². The van der Waals surface area contributed by atoms with E-state index in [-0.39, 0.29) is 5.95 Å². The number of ether oxygens (including phenoxy) is 1. The third kappa shape index (κ3) is 2.25. The van der Waals surface area contributed by atoms with Gasteiger partial charge in [-0.05, 0) is 17.7 Å². The molecule has 0 fully saturated rings. The molecule has 1 aromatic carbocycles. The van der Waals surface area contributed by atoms with Gasteiger partial charge >= 0.3 is 0 Å². The smallest absolute Gasteiger partial charge is 0.223 e. The number of rotatable bonds is 3. The van der Waals surface area contributed by atoms with Crippen molar-refractivity contribution in [3.8, 4) is 5.75 Å². The lowest BCUT2D eigenvalue weighted by molar-refractivity contribution is 0.414. The van der Waals surface area contributed by atoms with Gasteiger partial charge in [0.2, 0.25) is 5.95 Å². The van der Waals surface area contributed by atoms with Crippen LogP contribution in [-0.4, -0.2) is 26.6 Å². The number of nitrogens with two attached hydrogens (primary N) is 1. The summed E-state index contributed by atoms with van der Waals surface area (Å²) in [6.45, 7) is 0.619. The van der Waals surface area contributed by atoms with Crippen LogP contribution in [0.2, 0.25) is 5.15 Å². The number of methoxy groups -OCH3 is 1. The second kappa shape index (κ2) is 4.97. The molecule has 0 atom stereocenters. The van der Waals surface area contributed by atoms with E-state index in [2.05, 4.69) is 15.0 Å². The van der Waals surface area contributed by atoms with E-state index in [1.165, 1.54) is 0 Å². The van der Waals surface area contributed by atoms with Crippen molar-refractivity contribution in [3.05, 3.63) is 41.3 Å². The largest absolute Gasteiger partial charge is 0.497 e. The van der Waals surface area contributed by atoms with E-state index in [9.17, 15) is 0 Å². The molecule has 0 aliphatic rings. The van der Waals surface area contributed by atoms with Gasteiger partial charge in [0.05, 0.1) is 13.4 Å². The van der Waals surface area contributed by atoms with E-state index in [1.807, 2.05) is 28.8 Å². The van der Waals surface area contributed by atoms with Crippen LogP contribution in [0, 0.1) is 0 Å². The van der Waals surface area contributed by atoms with Crippen LogP contribution >= 0.6 is 11.6 Å². The Kier molecular flexibility index (Phi) is 3.15. The highest BCUT2D eigenvalue weighted by atomic mass is 35.5. The molecule has 20 heavy (non-hydrogen) atoms. The fourth-order valence-electron chi connectivity index (χ4n) is 2.00. The Labute approximate surface area is 120 Å². The Hall–Kier alpha value is -2.34. The highest BCUT2D eigenvalue weighted by molar-refractivity contribution is 6.33. The maximum absolute atomic E-state index is 6.11. The van der Waals surface area contributed by atoms with Crippen LogP contribution in [0.1, 0.15) is 5.56 Å². The molecule has 0 spiro atoms. The summed E-state index contributed by atoms with van der Waals surface area (Å²) < 4.78 is 7.02. The van der Waals surface area contributed by atoms with E-state index < -0.39 is 0 Å². The zero-order valence-corrected chi connectivity index (χ0v) is 11.5. The predicted molar refractivity (Wildman–Crippen MR) is 76.8 cm³/mol. The highest BCUT2D eigenvalue weighted by Crippen LogP contribution is 2.21. The number of halogens is 1. The number of imidazole rings is 1. The predicted octanol–water partition coefficient (Wildman–Crippen LogP) is 2.12. The molecular weight excluding hydrogens is 278 g/mol. The number of benzene rings is 1. The summed E-state index contributed by atoms with van der Waals surface area (Å²) in [5, 5.41) is 0.304. The minimum Gasteiger partial charge on any atom is -0.497 e. The molecule has 0 saturated carbocycles. The molecule has 0 radical (unpaired) electrons. The lowest BCUT2D eigenvalue weighted by atomic mass is 10.2. The van der Waals surface area contributed by atoms with Crippen molar-refractivity contribution in [2.75, 3.05) is 12.8 Å². The molecule has 0 saturated heterocycles. The maximum atomic E-state index is 6.11. The Morgan fingerprint density at radius 3 is 2.70 bits per heavy atom. The number of anilines is 1. The quantitative estimate of drug-likeness (QED) is 0.747. The third-order valence-electron chi connectivity index (χ3n) is 2.96. The monoisotopic (exact) mass is 289 g/mol. The van der Waals surface area contributed by atoms with E-state index in [1.54, 1.807) is 13.4 Å². The third-order valence-corrected chi connectivity index (χ3v) is 3.22. The molecule has 2 heterocycles. The molecule has 0 amide bonds. The van der Waals surface area contributed by atoms with Gasteiger partial charge in [-0.3, -0.25) is 0 Å². The molecule has 7 heteroatoms. The van der Waals surface area contributed by atoms with Gasteiger partial charge in [-0.25, -0.2) is 4.98 Å². The number of fused-ring (bicyclic) bond motifs is 1. The molecule has 3 aromatic rings. The standard InChI is InChI=1S/C13H12ClN5O/c1-20-9-4-2-8(3-5-9)6-19-7-16-12-10(19)11(14)17-13(15)18-12/h2-5,7H,6H2,1H3,(H2,15,17,18). The van der Waals surface area contributed by atoms with Crippen LogP contribution in [0.15, 0.2) is 30.6 Å². The normalized spacial score (nSPS) is 10.9. The van der Waals surface area contributed by atoms with Crippen LogP contribution in [0.3, 0.4) is 0 Å². The zero-order valence-electron chi connectivity index (χ0n) is 10.7. The molecule has 0 aliphatic carbocycles. The summed E-state index contributed by atoms with van der Waals surface area (Å²) in [5.74, 6) is 0.940. The first-order valence-electron chi connectivity index (χ1n) is 5.94. The van der Waals surface area contributed by atoms with Crippen molar-refractivity contribution < 1.29 is 4.74 Å². The van der Waals surface area contributed by atoms with Crippen LogP contribution in [0.4, 0.5) is 5.95 Å². The first-order chi connectivity index (χ1) is 9.67. The average molecular weight is 290 g/mol. The summed E-state index contributed by atoms with van der Waals surface area (Å²) in [5.41, 5.74) is 7.82. The Bertz CT molecular complexity index is 753. The highest BCUT2D eigenvalue weighted by Gasteiger charge is 2.11. The molecule has 0 aliphatic heterocycles. The topological polar surface area (TPSA) is 78.8 Å². The first kappa shape index (κ1) is 12.7. The number of nitrogens with zero attached hydrogens (tertiary/aromatic N) is 4. The average Bonchev–Trinajstić information content (AvgIpc) is 2.82.